The summed E-state index contributed by atoms with van der Waals surface area (Å²) in [6, 6.07) is 24.0. The van der Waals surface area contributed by atoms with Crippen molar-refractivity contribution < 1.29 is 0 Å². The summed E-state index contributed by atoms with van der Waals surface area (Å²) in [5, 5.41) is 0.666. The minimum absolute atomic E-state index is 0.666. The third-order valence-electron chi connectivity index (χ3n) is 4.07. The van der Waals surface area contributed by atoms with E-state index in [1.165, 1.54) is 5.56 Å². The van der Waals surface area contributed by atoms with E-state index >= 15 is 0 Å². The van der Waals surface area contributed by atoms with E-state index in [-0.39, 0.29) is 0 Å². The van der Waals surface area contributed by atoms with Crippen LogP contribution in [0.4, 0.5) is 0 Å². The average Bonchev–Trinajstić information content (AvgIpc) is 2.62. The second-order valence-corrected chi connectivity index (χ2v) is 6.17. The predicted octanol–water partition coefficient (Wildman–Crippen LogP) is 5.93. The second kappa shape index (κ2) is 6.06. The summed E-state index contributed by atoms with van der Waals surface area (Å²) >= 11 is 6.13. The molecular weight excluding hydrogens is 316 g/mol. The Labute approximate surface area is 145 Å². The molecule has 3 heteroatoms. The molecule has 116 valence electrons. The van der Waals surface area contributed by atoms with E-state index < -0.39 is 0 Å². The smallest absolute Gasteiger partial charge is 0.0975 e. The molecule has 0 atom stereocenters. The third-order valence-corrected chi connectivity index (χ3v) is 4.31. The zero-order valence-corrected chi connectivity index (χ0v) is 14.0. The van der Waals surface area contributed by atoms with E-state index in [1.807, 2.05) is 48.5 Å². The predicted molar refractivity (Wildman–Crippen MR) is 100 cm³/mol. The van der Waals surface area contributed by atoms with Crippen LogP contribution in [0, 0.1) is 6.92 Å². The van der Waals surface area contributed by atoms with Gasteiger partial charge >= 0.3 is 0 Å². The van der Waals surface area contributed by atoms with Gasteiger partial charge in [0.2, 0.25) is 0 Å². The van der Waals surface area contributed by atoms with Crippen molar-refractivity contribution in [1.82, 2.24) is 9.97 Å². The van der Waals surface area contributed by atoms with E-state index in [0.717, 1.165) is 33.5 Å². The summed E-state index contributed by atoms with van der Waals surface area (Å²) in [4.78, 5) is 9.78. The molecule has 0 radical (unpaired) electrons. The SMILES string of the molecule is Cc1ccccc1-c1nc2ccc(Cl)cc2nc1-c1ccccc1. The van der Waals surface area contributed by atoms with Crippen LogP contribution in [0.3, 0.4) is 0 Å². The molecule has 0 unspecified atom stereocenters. The lowest BCUT2D eigenvalue weighted by molar-refractivity contribution is 1.28. The highest BCUT2D eigenvalue weighted by Crippen LogP contribution is 2.33. The van der Waals surface area contributed by atoms with E-state index in [9.17, 15) is 0 Å². The fourth-order valence-electron chi connectivity index (χ4n) is 2.85. The number of aryl methyl sites for hydroxylation is 1. The van der Waals surface area contributed by atoms with Crippen molar-refractivity contribution in [2.75, 3.05) is 0 Å². The summed E-state index contributed by atoms with van der Waals surface area (Å²) < 4.78 is 0. The Bertz CT molecular complexity index is 1030. The number of halogens is 1. The summed E-state index contributed by atoms with van der Waals surface area (Å²) in [5.41, 5.74) is 6.74. The highest BCUT2D eigenvalue weighted by atomic mass is 35.5. The summed E-state index contributed by atoms with van der Waals surface area (Å²) in [6.07, 6.45) is 0. The van der Waals surface area contributed by atoms with Gasteiger partial charge in [-0.2, -0.15) is 0 Å². The number of rotatable bonds is 2. The van der Waals surface area contributed by atoms with Gasteiger partial charge in [0.05, 0.1) is 22.4 Å². The maximum Gasteiger partial charge on any atom is 0.0975 e. The molecule has 0 fully saturated rings. The molecule has 0 aliphatic carbocycles. The van der Waals surface area contributed by atoms with Gasteiger partial charge in [-0.3, -0.25) is 0 Å². The number of hydrogen-bond acceptors (Lipinski definition) is 2. The molecule has 0 amide bonds. The minimum atomic E-state index is 0.666. The molecule has 4 aromatic rings. The van der Waals surface area contributed by atoms with Crippen LogP contribution in [-0.4, -0.2) is 9.97 Å². The van der Waals surface area contributed by atoms with Crippen LogP contribution in [0.25, 0.3) is 33.5 Å². The van der Waals surface area contributed by atoms with Crippen LogP contribution >= 0.6 is 11.6 Å². The molecule has 0 spiro atoms. The second-order valence-electron chi connectivity index (χ2n) is 5.73. The molecular formula is C21H15ClN2. The van der Waals surface area contributed by atoms with Gasteiger partial charge in [-0.25, -0.2) is 9.97 Å². The molecule has 24 heavy (non-hydrogen) atoms. The van der Waals surface area contributed by atoms with Crippen molar-refractivity contribution in [1.29, 1.82) is 0 Å². The maximum absolute atomic E-state index is 6.13. The Morgan fingerprint density at radius 2 is 1.42 bits per heavy atom. The zero-order chi connectivity index (χ0) is 16.5. The van der Waals surface area contributed by atoms with Crippen molar-refractivity contribution in [3.05, 3.63) is 83.4 Å². The summed E-state index contributed by atoms with van der Waals surface area (Å²) in [5.74, 6) is 0. The van der Waals surface area contributed by atoms with Crippen molar-refractivity contribution in [3.63, 3.8) is 0 Å². The monoisotopic (exact) mass is 330 g/mol. The molecule has 3 aromatic carbocycles. The molecule has 1 aromatic heterocycles. The molecule has 4 rings (SSSR count). The minimum Gasteiger partial charge on any atom is -0.244 e. The molecule has 0 aliphatic heterocycles. The molecule has 2 nitrogen and oxygen atoms in total. The molecule has 0 saturated carbocycles. The van der Waals surface area contributed by atoms with Gasteiger partial charge in [0, 0.05) is 16.1 Å². The van der Waals surface area contributed by atoms with Crippen LogP contribution in [0.5, 0.6) is 0 Å². The first-order chi connectivity index (χ1) is 11.7. The molecule has 0 aliphatic rings. The first-order valence-corrected chi connectivity index (χ1v) is 8.19. The van der Waals surface area contributed by atoms with E-state index in [1.54, 1.807) is 0 Å². The largest absolute Gasteiger partial charge is 0.244 e. The van der Waals surface area contributed by atoms with Crippen molar-refractivity contribution in [2.24, 2.45) is 0 Å². The molecule has 0 bridgehead atoms. The molecule has 0 saturated heterocycles. The maximum atomic E-state index is 6.13. The van der Waals surface area contributed by atoms with Crippen LogP contribution in [0.15, 0.2) is 72.8 Å². The Hall–Kier alpha value is -2.71. The van der Waals surface area contributed by atoms with Crippen LogP contribution < -0.4 is 0 Å². The van der Waals surface area contributed by atoms with E-state index in [0.29, 0.717) is 5.02 Å². The topological polar surface area (TPSA) is 25.8 Å². The fraction of sp³-hybridized carbons (Fsp3) is 0.0476. The average molecular weight is 331 g/mol. The highest BCUT2D eigenvalue weighted by molar-refractivity contribution is 6.31. The van der Waals surface area contributed by atoms with Crippen molar-refractivity contribution >= 4 is 22.6 Å². The lowest BCUT2D eigenvalue weighted by atomic mass is 10.00. The first-order valence-electron chi connectivity index (χ1n) is 7.81. The van der Waals surface area contributed by atoms with Gasteiger partial charge in [-0.1, -0.05) is 66.2 Å². The van der Waals surface area contributed by atoms with Crippen molar-refractivity contribution in [3.8, 4) is 22.5 Å². The number of nitrogens with zero attached hydrogens (tertiary/aromatic N) is 2. The quantitative estimate of drug-likeness (QED) is 0.455. The standard InChI is InChI=1S/C21H15ClN2/c1-14-7-5-6-10-17(14)21-20(15-8-3-2-4-9-15)24-19-13-16(22)11-12-18(19)23-21/h2-13H,1H3. The third kappa shape index (κ3) is 2.66. The Kier molecular flexibility index (Phi) is 3.75. The highest BCUT2D eigenvalue weighted by Gasteiger charge is 2.14. The lowest BCUT2D eigenvalue weighted by Gasteiger charge is -2.12. The fourth-order valence-corrected chi connectivity index (χ4v) is 3.02. The summed E-state index contributed by atoms with van der Waals surface area (Å²) in [6.45, 7) is 2.10. The summed E-state index contributed by atoms with van der Waals surface area (Å²) in [7, 11) is 0. The Morgan fingerprint density at radius 1 is 0.708 bits per heavy atom. The Balaban J connectivity index is 2.07. The number of benzene rings is 3. The van der Waals surface area contributed by atoms with Gasteiger partial charge in [0.25, 0.3) is 0 Å². The first kappa shape index (κ1) is 14.9. The van der Waals surface area contributed by atoms with Gasteiger partial charge < -0.3 is 0 Å². The van der Waals surface area contributed by atoms with Gasteiger partial charge in [0.15, 0.2) is 0 Å². The van der Waals surface area contributed by atoms with Gasteiger partial charge in [0.1, 0.15) is 0 Å². The number of hydrogen-bond donors (Lipinski definition) is 0. The number of aromatic nitrogens is 2. The van der Waals surface area contributed by atoms with Crippen LogP contribution in [0.1, 0.15) is 5.56 Å². The lowest BCUT2D eigenvalue weighted by Crippen LogP contribution is -1.96. The Morgan fingerprint density at radius 3 is 2.21 bits per heavy atom. The van der Waals surface area contributed by atoms with E-state index in [4.69, 9.17) is 21.6 Å². The zero-order valence-electron chi connectivity index (χ0n) is 13.2. The van der Waals surface area contributed by atoms with E-state index in [2.05, 4.69) is 31.2 Å². The molecule has 1 heterocycles. The normalized spacial score (nSPS) is 10.9. The van der Waals surface area contributed by atoms with Crippen molar-refractivity contribution in [2.45, 2.75) is 6.92 Å². The number of fused-ring (bicyclic) bond motifs is 1. The molecule has 0 N–H and O–H groups in total. The van der Waals surface area contributed by atoms with Gasteiger partial charge in [-0.15, -0.1) is 0 Å². The van der Waals surface area contributed by atoms with Crippen LogP contribution in [-0.2, 0) is 0 Å². The van der Waals surface area contributed by atoms with Gasteiger partial charge in [-0.05, 0) is 30.7 Å². The van der Waals surface area contributed by atoms with Crippen LogP contribution in [0.2, 0.25) is 5.02 Å².